The highest BCUT2D eigenvalue weighted by Crippen LogP contribution is 2.41. The largest absolute Gasteiger partial charge is 0.461 e. The Kier molecular flexibility index (Phi) is 3.74. The third-order valence-corrected chi connectivity index (χ3v) is 3.90. The number of hydrogen-bond acceptors (Lipinski definition) is 5. The minimum atomic E-state index is -0.360. The smallest absolute Gasteiger partial charge is 0.360 e. The minimum Gasteiger partial charge on any atom is -0.461 e. The molecule has 1 aromatic rings. The number of hydrogen-bond donors (Lipinski definition) is 0. The van der Waals surface area contributed by atoms with Crippen molar-refractivity contribution >= 4 is 5.97 Å². The summed E-state index contributed by atoms with van der Waals surface area (Å²) in [6.45, 7) is 4.93. The van der Waals surface area contributed by atoms with Gasteiger partial charge in [-0.2, -0.15) is 0 Å². The highest BCUT2D eigenvalue weighted by Gasteiger charge is 2.35. The SMILES string of the molecule is CCOC(=O)c1nnn(CC2CCC(C)O2)c1C1CC1. The minimum absolute atomic E-state index is 0.180. The van der Waals surface area contributed by atoms with Crippen molar-refractivity contribution in [2.45, 2.75) is 64.2 Å². The number of rotatable bonds is 5. The van der Waals surface area contributed by atoms with E-state index in [4.69, 9.17) is 9.47 Å². The van der Waals surface area contributed by atoms with E-state index in [1.54, 1.807) is 6.92 Å². The highest BCUT2D eigenvalue weighted by atomic mass is 16.5. The summed E-state index contributed by atoms with van der Waals surface area (Å²) in [6, 6.07) is 0. The zero-order valence-electron chi connectivity index (χ0n) is 12.0. The van der Waals surface area contributed by atoms with E-state index >= 15 is 0 Å². The van der Waals surface area contributed by atoms with Crippen molar-refractivity contribution in [2.24, 2.45) is 0 Å². The Labute approximate surface area is 118 Å². The molecule has 3 rings (SSSR count). The van der Waals surface area contributed by atoms with Crippen LogP contribution in [-0.4, -0.2) is 39.8 Å². The Morgan fingerprint density at radius 1 is 1.40 bits per heavy atom. The Bertz CT molecular complexity index is 496. The van der Waals surface area contributed by atoms with Gasteiger partial charge in [-0.25, -0.2) is 9.48 Å². The summed E-state index contributed by atoms with van der Waals surface area (Å²) in [5.41, 5.74) is 1.33. The van der Waals surface area contributed by atoms with Crippen LogP contribution in [0.4, 0.5) is 0 Å². The molecule has 2 heterocycles. The van der Waals surface area contributed by atoms with Gasteiger partial charge in [0.15, 0.2) is 5.69 Å². The van der Waals surface area contributed by atoms with Gasteiger partial charge in [-0.15, -0.1) is 5.10 Å². The van der Waals surface area contributed by atoms with E-state index in [1.807, 2.05) is 4.68 Å². The number of carbonyl (C=O) groups is 1. The Balaban J connectivity index is 1.78. The van der Waals surface area contributed by atoms with Gasteiger partial charge in [-0.3, -0.25) is 0 Å². The number of nitrogens with zero attached hydrogens (tertiary/aromatic N) is 3. The van der Waals surface area contributed by atoms with Crippen LogP contribution in [0.1, 0.15) is 61.6 Å². The molecule has 2 aliphatic rings. The second-order valence-corrected chi connectivity index (χ2v) is 5.65. The average molecular weight is 279 g/mol. The van der Waals surface area contributed by atoms with Crippen molar-refractivity contribution in [3.63, 3.8) is 0 Å². The fourth-order valence-corrected chi connectivity index (χ4v) is 2.77. The third kappa shape index (κ3) is 2.70. The van der Waals surface area contributed by atoms with E-state index in [-0.39, 0.29) is 12.1 Å². The Morgan fingerprint density at radius 3 is 2.80 bits per heavy atom. The van der Waals surface area contributed by atoms with Crippen molar-refractivity contribution in [3.05, 3.63) is 11.4 Å². The molecule has 20 heavy (non-hydrogen) atoms. The molecule has 0 amide bonds. The fourth-order valence-electron chi connectivity index (χ4n) is 2.77. The molecule has 1 aliphatic carbocycles. The first-order valence-corrected chi connectivity index (χ1v) is 7.45. The normalized spacial score (nSPS) is 25.9. The van der Waals surface area contributed by atoms with E-state index in [9.17, 15) is 4.79 Å². The van der Waals surface area contributed by atoms with Gasteiger partial charge in [-0.1, -0.05) is 5.21 Å². The van der Waals surface area contributed by atoms with Crippen LogP contribution in [0.25, 0.3) is 0 Å². The summed E-state index contributed by atoms with van der Waals surface area (Å²) in [7, 11) is 0. The molecular formula is C14H21N3O3. The number of ether oxygens (including phenoxy) is 2. The summed E-state index contributed by atoms with van der Waals surface area (Å²) in [5, 5.41) is 8.19. The van der Waals surface area contributed by atoms with Gasteiger partial charge < -0.3 is 9.47 Å². The summed E-state index contributed by atoms with van der Waals surface area (Å²) in [5.74, 6) is 0.0459. The van der Waals surface area contributed by atoms with Gasteiger partial charge in [0, 0.05) is 5.92 Å². The lowest BCUT2D eigenvalue weighted by Crippen LogP contribution is -2.19. The van der Waals surface area contributed by atoms with Crippen molar-refractivity contribution < 1.29 is 14.3 Å². The zero-order valence-corrected chi connectivity index (χ0v) is 12.0. The van der Waals surface area contributed by atoms with Crippen LogP contribution in [0.2, 0.25) is 0 Å². The van der Waals surface area contributed by atoms with Gasteiger partial charge in [0.25, 0.3) is 0 Å². The fraction of sp³-hybridized carbons (Fsp3) is 0.786. The second kappa shape index (κ2) is 5.52. The van der Waals surface area contributed by atoms with Crippen LogP contribution in [0, 0.1) is 0 Å². The predicted octanol–water partition coefficient (Wildman–Crippen LogP) is 1.90. The molecule has 0 N–H and O–H groups in total. The average Bonchev–Trinajstić information content (AvgIpc) is 3.05. The van der Waals surface area contributed by atoms with Gasteiger partial charge in [-0.05, 0) is 39.5 Å². The molecule has 1 aliphatic heterocycles. The Hall–Kier alpha value is -1.43. The maximum atomic E-state index is 11.9. The van der Waals surface area contributed by atoms with Crippen LogP contribution in [0.15, 0.2) is 0 Å². The molecular weight excluding hydrogens is 258 g/mol. The van der Waals surface area contributed by atoms with Crippen LogP contribution >= 0.6 is 0 Å². The lowest BCUT2D eigenvalue weighted by atomic mass is 10.2. The first-order valence-electron chi connectivity index (χ1n) is 7.45. The zero-order chi connectivity index (χ0) is 14.1. The molecule has 2 unspecified atom stereocenters. The van der Waals surface area contributed by atoms with Crippen LogP contribution in [0.3, 0.4) is 0 Å². The standard InChI is InChI=1S/C14H21N3O3/c1-3-19-14(18)12-13(10-5-6-10)17(16-15-12)8-11-7-4-9(2)20-11/h9-11H,3-8H2,1-2H3. The van der Waals surface area contributed by atoms with E-state index < -0.39 is 0 Å². The molecule has 0 bridgehead atoms. The topological polar surface area (TPSA) is 66.2 Å². The second-order valence-electron chi connectivity index (χ2n) is 5.65. The highest BCUT2D eigenvalue weighted by molar-refractivity contribution is 5.88. The van der Waals surface area contributed by atoms with Crippen LogP contribution < -0.4 is 0 Å². The van der Waals surface area contributed by atoms with Gasteiger partial charge in [0.1, 0.15) is 0 Å². The number of carbonyl (C=O) groups excluding carboxylic acids is 1. The molecule has 0 spiro atoms. The molecule has 2 fully saturated rings. The summed E-state index contributed by atoms with van der Waals surface area (Å²) >= 11 is 0. The monoisotopic (exact) mass is 279 g/mol. The van der Waals surface area contributed by atoms with Crippen molar-refractivity contribution in [3.8, 4) is 0 Å². The molecule has 0 radical (unpaired) electrons. The Morgan fingerprint density at radius 2 is 2.20 bits per heavy atom. The number of aromatic nitrogens is 3. The van der Waals surface area contributed by atoms with Crippen molar-refractivity contribution in [2.75, 3.05) is 6.61 Å². The van der Waals surface area contributed by atoms with E-state index in [1.165, 1.54) is 0 Å². The van der Waals surface area contributed by atoms with Crippen LogP contribution in [0.5, 0.6) is 0 Å². The summed E-state index contributed by atoms with van der Waals surface area (Å²) < 4.78 is 12.7. The predicted molar refractivity (Wildman–Crippen MR) is 71.5 cm³/mol. The molecule has 0 aromatic carbocycles. The van der Waals surface area contributed by atoms with Crippen molar-refractivity contribution in [1.82, 2.24) is 15.0 Å². The molecule has 110 valence electrons. The third-order valence-electron chi connectivity index (χ3n) is 3.90. The molecule has 1 saturated heterocycles. The molecule has 6 nitrogen and oxygen atoms in total. The maximum Gasteiger partial charge on any atom is 0.360 e. The van der Waals surface area contributed by atoms with Crippen molar-refractivity contribution in [1.29, 1.82) is 0 Å². The first kappa shape index (κ1) is 13.5. The van der Waals surface area contributed by atoms with Crippen LogP contribution in [-0.2, 0) is 16.0 Å². The van der Waals surface area contributed by atoms with E-state index in [0.29, 0.717) is 30.9 Å². The summed E-state index contributed by atoms with van der Waals surface area (Å²) in [4.78, 5) is 11.9. The van der Waals surface area contributed by atoms with Gasteiger partial charge in [0.05, 0.1) is 31.1 Å². The molecule has 6 heteroatoms. The molecule has 2 atom stereocenters. The first-order chi connectivity index (χ1) is 9.69. The quantitative estimate of drug-likeness (QED) is 0.770. The van der Waals surface area contributed by atoms with E-state index in [2.05, 4.69) is 17.2 Å². The number of esters is 1. The van der Waals surface area contributed by atoms with Gasteiger partial charge >= 0.3 is 5.97 Å². The maximum absolute atomic E-state index is 11.9. The van der Waals surface area contributed by atoms with E-state index in [0.717, 1.165) is 31.4 Å². The lowest BCUT2D eigenvalue weighted by molar-refractivity contribution is 0.0426. The summed E-state index contributed by atoms with van der Waals surface area (Å²) in [6.07, 6.45) is 4.82. The molecule has 1 saturated carbocycles. The lowest BCUT2D eigenvalue weighted by Gasteiger charge is -2.13. The molecule has 1 aromatic heterocycles. The van der Waals surface area contributed by atoms with Gasteiger partial charge in [0.2, 0.25) is 0 Å².